The van der Waals surface area contributed by atoms with Gasteiger partial charge in [0.2, 0.25) is 0 Å². The van der Waals surface area contributed by atoms with Gasteiger partial charge in [-0.2, -0.15) is 0 Å². The molecule has 1 aromatic heterocycles. The molecule has 0 atom stereocenters. The molecule has 1 aromatic carbocycles. The minimum Gasteiger partial charge on any atom is -0.487 e. The predicted octanol–water partition coefficient (Wildman–Crippen LogP) is 3.66. The molecule has 0 saturated carbocycles. The topological polar surface area (TPSA) is 59.4 Å². The van der Waals surface area contributed by atoms with Gasteiger partial charge in [0.05, 0.1) is 5.69 Å². The van der Waals surface area contributed by atoms with Crippen LogP contribution in [0.4, 0.5) is 0 Å². The number of aromatic nitrogens is 1. The van der Waals surface area contributed by atoms with Crippen LogP contribution in [0.5, 0.6) is 5.75 Å². The molecule has 0 unspecified atom stereocenters. The molecule has 0 saturated heterocycles. The second kappa shape index (κ2) is 5.95. The highest BCUT2D eigenvalue weighted by molar-refractivity contribution is 5.85. The number of hydrogen-bond acceptors (Lipinski definition) is 3. The lowest BCUT2D eigenvalue weighted by Gasteiger charge is -2.22. The number of hydrogen-bond donors (Lipinski definition) is 1. The molecule has 0 aliphatic heterocycles. The van der Waals surface area contributed by atoms with E-state index in [1.807, 2.05) is 24.3 Å². The summed E-state index contributed by atoms with van der Waals surface area (Å²) in [6, 6.07) is 12.8. The Balaban J connectivity index is 2.17. The van der Waals surface area contributed by atoms with Gasteiger partial charge < -0.3 is 9.84 Å². The van der Waals surface area contributed by atoms with Crippen molar-refractivity contribution in [1.82, 2.24) is 4.98 Å². The van der Waals surface area contributed by atoms with E-state index in [4.69, 9.17) is 9.84 Å². The number of benzene rings is 1. The zero-order valence-electron chi connectivity index (χ0n) is 12.5. The van der Waals surface area contributed by atoms with E-state index >= 15 is 0 Å². The quantitative estimate of drug-likeness (QED) is 0.931. The van der Waals surface area contributed by atoms with Gasteiger partial charge in [-0.15, -0.1) is 0 Å². The summed E-state index contributed by atoms with van der Waals surface area (Å²) in [5, 5.41) is 8.94. The Kier molecular flexibility index (Phi) is 4.26. The summed E-state index contributed by atoms with van der Waals surface area (Å²) >= 11 is 0. The van der Waals surface area contributed by atoms with Crippen LogP contribution in [0.1, 0.15) is 42.5 Å². The smallest absolute Gasteiger partial charge is 0.354 e. The number of carboxylic acids is 1. The summed E-state index contributed by atoms with van der Waals surface area (Å²) in [5.41, 5.74) is 1.71. The largest absolute Gasteiger partial charge is 0.487 e. The SMILES string of the molecule is CC(C)(C)c1ccccc1OCc1cccc(C(=O)O)n1. The third-order valence-electron chi connectivity index (χ3n) is 3.10. The molecule has 0 aliphatic carbocycles. The monoisotopic (exact) mass is 285 g/mol. The fourth-order valence-electron chi connectivity index (χ4n) is 2.04. The molecule has 0 spiro atoms. The molecule has 2 aromatic rings. The van der Waals surface area contributed by atoms with E-state index in [9.17, 15) is 4.79 Å². The molecule has 0 amide bonds. The lowest BCUT2D eigenvalue weighted by molar-refractivity contribution is 0.0690. The Bertz CT molecular complexity index is 644. The van der Waals surface area contributed by atoms with Gasteiger partial charge in [-0.05, 0) is 29.2 Å². The van der Waals surface area contributed by atoms with Crippen LogP contribution in [0.3, 0.4) is 0 Å². The van der Waals surface area contributed by atoms with Gasteiger partial charge in [-0.1, -0.05) is 45.0 Å². The summed E-state index contributed by atoms with van der Waals surface area (Å²) in [6.07, 6.45) is 0. The number of carbonyl (C=O) groups is 1. The number of para-hydroxylation sites is 1. The summed E-state index contributed by atoms with van der Waals surface area (Å²) in [6.45, 7) is 6.61. The first kappa shape index (κ1) is 15.0. The van der Waals surface area contributed by atoms with Crippen molar-refractivity contribution in [2.45, 2.75) is 32.8 Å². The lowest BCUT2D eigenvalue weighted by atomic mass is 9.86. The van der Waals surface area contributed by atoms with Crippen LogP contribution in [-0.4, -0.2) is 16.1 Å². The highest BCUT2D eigenvalue weighted by Gasteiger charge is 2.18. The maximum atomic E-state index is 10.9. The van der Waals surface area contributed by atoms with E-state index in [0.29, 0.717) is 5.69 Å². The van der Waals surface area contributed by atoms with Gasteiger partial charge in [0.1, 0.15) is 18.1 Å². The Morgan fingerprint density at radius 1 is 1.14 bits per heavy atom. The van der Waals surface area contributed by atoms with Crippen LogP contribution in [0.15, 0.2) is 42.5 Å². The zero-order chi connectivity index (χ0) is 15.5. The first-order valence-electron chi connectivity index (χ1n) is 6.79. The maximum Gasteiger partial charge on any atom is 0.354 e. The zero-order valence-corrected chi connectivity index (χ0v) is 12.5. The average molecular weight is 285 g/mol. The van der Waals surface area contributed by atoms with Crippen molar-refractivity contribution >= 4 is 5.97 Å². The molecule has 1 N–H and O–H groups in total. The molecule has 0 aliphatic rings. The van der Waals surface area contributed by atoms with E-state index in [2.05, 4.69) is 25.8 Å². The van der Waals surface area contributed by atoms with E-state index in [1.165, 1.54) is 6.07 Å². The van der Waals surface area contributed by atoms with Gasteiger partial charge in [0.15, 0.2) is 0 Å². The van der Waals surface area contributed by atoms with Crippen molar-refractivity contribution in [3.05, 3.63) is 59.4 Å². The fourth-order valence-corrected chi connectivity index (χ4v) is 2.04. The van der Waals surface area contributed by atoms with Crippen LogP contribution in [0, 0.1) is 0 Å². The number of aromatic carboxylic acids is 1. The van der Waals surface area contributed by atoms with Crippen molar-refractivity contribution in [2.24, 2.45) is 0 Å². The summed E-state index contributed by atoms with van der Waals surface area (Å²) < 4.78 is 5.83. The minimum absolute atomic E-state index is 0.0209. The van der Waals surface area contributed by atoms with Crippen LogP contribution in [-0.2, 0) is 12.0 Å². The van der Waals surface area contributed by atoms with Crippen LogP contribution in [0.2, 0.25) is 0 Å². The third-order valence-corrected chi connectivity index (χ3v) is 3.10. The van der Waals surface area contributed by atoms with Gasteiger partial charge in [-0.25, -0.2) is 9.78 Å². The van der Waals surface area contributed by atoms with Crippen molar-refractivity contribution in [3.63, 3.8) is 0 Å². The van der Waals surface area contributed by atoms with Gasteiger partial charge in [-0.3, -0.25) is 0 Å². The summed E-state index contributed by atoms with van der Waals surface area (Å²) in [7, 11) is 0. The number of nitrogens with zero attached hydrogens (tertiary/aromatic N) is 1. The number of ether oxygens (including phenoxy) is 1. The van der Waals surface area contributed by atoms with E-state index < -0.39 is 5.97 Å². The van der Waals surface area contributed by atoms with Crippen molar-refractivity contribution in [3.8, 4) is 5.75 Å². The second-order valence-electron chi connectivity index (χ2n) is 5.85. The molecule has 0 fully saturated rings. The molecule has 21 heavy (non-hydrogen) atoms. The van der Waals surface area contributed by atoms with Gasteiger partial charge >= 0.3 is 5.97 Å². The highest BCUT2D eigenvalue weighted by atomic mass is 16.5. The molecule has 0 radical (unpaired) electrons. The molecule has 4 nitrogen and oxygen atoms in total. The summed E-state index contributed by atoms with van der Waals surface area (Å²) in [5.74, 6) is -0.237. The maximum absolute atomic E-state index is 10.9. The fraction of sp³-hybridized carbons (Fsp3) is 0.294. The van der Waals surface area contributed by atoms with E-state index in [0.717, 1.165) is 11.3 Å². The normalized spacial score (nSPS) is 11.2. The molecular weight excluding hydrogens is 266 g/mol. The van der Waals surface area contributed by atoms with Crippen molar-refractivity contribution < 1.29 is 14.6 Å². The van der Waals surface area contributed by atoms with Crippen LogP contribution in [0.25, 0.3) is 0 Å². The first-order valence-corrected chi connectivity index (χ1v) is 6.79. The molecule has 110 valence electrons. The minimum atomic E-state index is -1.04. The number of carboxylic acid groups (broad SMARTS) is 1. The molecule has 0 bridgehead atoms. The molecular formula is C17H19NO3. The Labute approximate surface area is 124 Å². The van der Waals surface area contributed by atoms with Crippen molar-refractivity contribution in [1.29, 1.82) is 0 Å². The van der Waals surface area contributed by atoms with E-state index in [1.54, 1.807) is 12.1 Å². The molecule has 2 rings (SSSR count). The second-order valence-corrected chi connectivity index (χ2v) is 5.85. The van der Waals surface area contributed by atoms with Gasteiger partial charge in [0.25, 0.3) is 0 Å². The van der Waals surface area contributed by atoms with Crippen molar-refractivity contribution in [2.75, 3.05) is 0 Å². The number of rotatable bonds is 4. The predicted molar refractivity (Wildman–Crippen MR) is 80.7 cm³/mol. The third kappa shape index (κ3) is 3.81. The van der Waals surface area contributed by atoms with Gasteiger partial charge in [0, 0.05) is 0 Å². The first-order chi connectivity index (χ1) is 9.88. The van der Waals surface area contributed by atoms with E-state index in [-0.39, 0.29) is 17.7 Å². The average Bonchev–Trinajstić information content (AvgIpc) is 2.45. The van der Waals surface area contributed by atoms with Crippen LogP contribution >= 0.6 is 0 Å². The summed E-state index contributed by atoms with van der Waals surface area (Å²) in [4.78, 5) is 15.0. The number of pyridine rings is 1. The van der Waals surface area contributed by atoms with Crippen LogP contribution < -0.4 is 4.74 Å². The molecule has 1 heterocycles. The lowest BCUT2D eigenvalue weighted by Crippen LogP contribution is -2.13. The Hall–Kier alpha value is -2.36. The Morgan fingerprint density at radius 2 is 1.86 bits per heavy atom. The Morgan fingerprint density at radius 3 is 2.52 bits per heavy atom. The highest BCUT2D eigenvalue weighted by Crippen LogP contribution is 2.31. The standard InChI is InChI=1S/C17H19NO3/c1-17(2,3)13-8-4-5-10-15(13)21-11-12-7-6-9-14(18-12)16(19)20/h4-10H,11H2,1-3H3,(H,19,20). The molecule has 4 heteroatoms.